The van der Waals surface area contributed by atoms with Crippen LogP contribution in [-0.4, -0.2) is 79.9 Å². The van der Waals surface area contributed by atoms with Crippen LogP contribution < -0.4 is 0 Å². The van der Waals surface area contributed by atoms with Crippen molar-refractivity contribution >= 4 is 35.5 Å². The van der Waals surface area contributed by atoms with E-state index in [-0.39, 0.29) is 18.0 Å². The Kier molecular flexibility index (Phi) is 9.56. The molecule has 0 fully saturated rings. The Morgan fingerprint density at radius 1 is 1.08 bits per heavy atom. The van der Waals surface area contributed by atoms with Crippen LogP contribution >= 0.6 is 12.2 Å². The van der Waals surface area contributed by atoms with Crippen LogP contribution in [-0.2, 0) is 0 Å². The van der Waals surface area contributed by atoms with Crippen molar-refractivity contribution in [2.45, 2.75) is 24.4 Å². The minimum Gasteiger partial charge on any atom is -0.394 e. The molecule has 0 aliphatic rings. The van der Waals surface area contributed by atoms with E-state index < -0.39 is 31.0 Å². The molecule has 0 aromatic heterocycles. The van der Waals surface area contributed by atoms with E-state index in [2.05, 4.69) is 12.2 Å². The topological polar surface area (TPSA) is 101 Å². The molecule has 0 aromatic rings. The van der Waals surface area contributed by atoms with Gasteiger partial charge < -0.3 is 25.5 Å². The molecule has 13 heavy (non-hydrogen) atoms. The summed E-state index contributed by atoms with van der Waals surface area (Å²) >= 11 is 4.30. The van der Waals surface area contributed by atoms with E-state index in [1.807, 2.05) is 0 Å². The normalized spacial score (nSPS) is 19.5. The van der Waals surface area contributed by atoms with Crippen molar-refractivity contribution in [1.82, 2.24) is 0 Å². The van der Waals surface area contributed by atoms with Crippen LogP contribution in [0.3, 0.4) is 0 Å². The number of hydrogen-bond donors (Lipinski definition) is 5. The quantitative estimate of drug-likeness (QED) is 0.270. The Morgan fingerprint density at radius 3 is 1.85 bits per heavy atom. The second-order valence-electron chi connectivity index (χ2n) is 2.36. The van der Waals surface area contributed by atoms with Crippen molar-refractivity contribution in [2.75, 3.05) is 6.61 Å². The standard InChI is InChI=1S/C6H12O5S.As/c7-1-3(8)5(10)6(11)4(9)2-12;/h2-11H,1H2;/t3-,4+,5-,6-;/m1./s1. The Hall–Kier alpha value is 0.448. The molecule has 5 N–H and O–H groups in total. The van der Waals surface area contributed by atoms with E-state index in [4.69, 9.17) is 25.5 Å². The summed E-state index contributed by atoms with van der Waals surface area (Å²) < 4.78 is 0. The molecule has 0 rings (SSSR count). The van der Waals surface area contributed by atoms with E-state index in [1.165, 1.54) is 0 Å². The van der Waals surface area contributed by atoms with Crippen molar-refractivity contribution in [3.05, 3.63) is 0 Å². The van der Waals surface area contributed by atoms with Gasteiger partial charge in [-0.2, -0.15) is 0 Å². The molecule has 0 aliphatic heterocycles. The fourth-order valence-electron chi connectivity index (χ4n) is 0.618. The monoisotopic (exact) mass is 271 g/mol. The van der Waals surface area contributed by atoms with Crippen molar-refractivity contribution in [2.24, 2.45) is 0 Å². The van der Waals surface area contributed by atoms with Gasteiger partial charge >= 0.3 is 0 Å². The largest absolute Gasteiger partial charge is 0.394 e. The van der Waals surface area contributed by atoms with Gasteiger partial charge in [0.1, 0.15) is 24.4 Å². The Morgan fingerprint density at radius 2 is 1.54 bits per heavy atom. The van der Waals surface area contributed by atoms with Gasteiger partial charge in [-0.3, -0.25) is 0 Å². The van der Waals surface area contributed by atoms with E-state index in [0.717, 1.165) is 5.37 Å². The third-order valence-corrected chi connectivity index (χ3v) is 1.70. The molecule has 0 amide bonds. The molecule has 0 unspecified atom stereocenters. The predicted octanol–water partition coefficient (Wildman–Crippen LogP) is -2.96. The van der Waals surface area contributed by atoms with Gasteiger partial charge in [0.2, 0.25) is 0 Å². The first kappa shape index (κ1) is 15.9. The third-order valence-electron chi connectivity index (χ3n) is 1.42. The summed E-state index contributed by atoms with van der Waals surface area (Å²) in [5, 5.41) is 44.9. The molecule has 0 heterocycles. The molecule has 77 valence electrons. The number of rotatable bonds is 5. The van der Waals surface area contributed by atoms with Gasteiger partial charge in [0.05, 0.1) is 6.61 Å². The van der Waals surface area contributed by atoms with Gasteiger partial charge in [-0.25, -0.2) is 0 Å². The van der Waals surface area contributed by atoms with E-state index >= 15 is 0 Å². The molecule has 4 atom stereocenters. The first-order valence-electron chi connectivity index (χ1n) is 3.33. The van der Waals surface area contributed by atoms with Crippen LogP contribution in [0.25, 0.3) is 0 Å². The van der Waals surface area contributed by atoms with Crippen molar-refractivity contribution in [3.8, 4) is 0 Å². The molecular formula is C6H12AsO5S. The maximum absolute atomic E-state index is 9.02. The zero-order valence-electron chi connectivity index (χ0n) is 6.69. The smallest absolute Gasteiger partial charge is 0.113 e. The number of thiocarbonyl (C=S) groups is 1. The van der Waals surface area contributed by atoms with Gasteiger partial charge in [-0.05, 0) is 0 Å². The van der Waals surface area contributed by atoms with Gasteiger partial charge in [-0.15, -0.1) is 0 Å². The van der Waals surface area contributed by atoms with Gasteiger partial charge in [0.25, 0.3) is 0 Å². The average Bonchev–Trinajstić information content (AvgIpc) is 2.12. The predicted molar refractivity (Wildman–Crippen MR) is 50.5 cm³/mol. The molecule has 0 aromatic carbocycles. The second-order valence-corrected chi connectivity index (χ2v) is 2.63. The number of aliphatic hydroxyl groups excluding tert-OH is 5. The zero-order valence-corrected chi connectivity index (χ0v) is 9.38. The number of aliphatic hydroxyl groups is 5. The molecule has 3 radical (unpaired) electrons. The van der Waals surface area contributed by atoms with E-state index in [9.17, 15) is 0 Å². The third kappa shape index (κ3) is 5.02. The summed E-state index contributed by atoms with van der Waals surface area (Å²) in [5.41, 5.74) is 0. The van der Waals surface area contributed by atoms with E-state index in [1.54, 1.807) is 0 Å². The summed E-state index contributed by atoms with van der Waals surface area (Å²) in [5.74, 6) is 0. The maximum Gasteiger partial charge on any atom is 0.113 e. The summed E-state index contributed by atoms with van der Waals surface area (Å²) in [7, 11) is 0. The number of hydrogen-bond acceptors (Lipinski definition) is 6. The van der Waals surface area contributed by atoms with Crippen LogP contribution in [0.5, 0.6) is 0 Å². The summed E-state index contributed by atoms with van der Waals surface area (Å²) in [4.78, 5) is 0. The molecule has 0 bridgehead atoms. The van der Waals surface area contributed by atoms with Crippen LogP contribution in [0.15, 0.2) is 0 Å². The Bertz CT molecular complexity index is 147. The van der Waals surface area contributed by atoms with Crippen LogP contribution in [0.2, 0.25) is 0 Å². The van der Waals surface area contributed by atoms with Crippen LogP contribution in [0, 0.1) is 0 Å². The van der Waals surface area contributed by atoms with Crippen molar-refractivity contribution in [1.29, 1.82) is 0 Å². The van der Waals surface area contributed by atoms with Gasteiger partial charge in [-0.1, -0.05) is 12.2 Å². The average molecular weight is 271 g/mol. The van der Waals surface area contributed by atoms with Crippen molar-refractivity contribution < 1.29 is 25.5 Å². The Labute approximate surface area is 92.3 Å². The first-order valence-corrected chi connectivity index (χ1v) is 3.80. The Balaban J connectivity index is 0. The van der Waals surface area contributed by atoms with Crippen LogP contribution in [0.4, 0.5) is 0 Å². The molecule has 0 saturated carbocycles. The fourth-order valence-corrected chi connectivity index (χ4v) is 0.779. The minimum atomic E-state index is -1.61. The first-order chi connectivity index (χ1) is 5.54. The minimum absolute atomic E-state index is 0. The van der Waals surface area contributed by atoms with Crippen LogP contribution in [0.1, 0.15) is 0 Å². The molecule has 0 saturated heterocycles. The molecule has 0 aliphatic carbocycles. The van der Waals surface area contributed by atoms with Gasteiger partial charge in [0, 0.05) is 23.3 Å². The maximum atomic E-state index is 9.02. The van der Waals surface area contributed by atoms with Crippen molar-refractivity contribution in [3.63, 3.8) is 0 Å². The molecule has 7 heteroatoms. The molecule has 0 spiro atoms. The second kappa shape index (κ2) is 7.82. The zero-order chi connectivity index (χ0) is 9.72. The SMILES string of the molecule is OC[C@@H](O)[C@@H](O)[C@H](O)[C@@H](O)C=S.[As]. The summed E-state index contributed by atoms with van der Waals surface area (Å²) in [6, 6.07) is 0. The van der Waals surface area contributed by atoms with E-state index in [0.29, 0.717) is 0 Å². The molecule has 5 nitrogen and oxygen atoms in total. The molecular weight excluding hydrogens is 259 g/mol. The summed E-state index contributed by atoms with van der Waals surface area (Å²) in [6.45, 7) is -0.692. The summed E-state index contributed by atoms with van der Waals surface area (Å²) in [6.07, 6.45) is -6.06. The van der Waals surface area contributed by atoms with Gasteiger partial charge in [0.15, 0.2) is 0 Å². The fraction of sp³-hybridized carbons (Fsp3) is 0.833.